The SMILES string of the molecule is COc1ccc(NC(=O)C2CC(=O)N(C)C(=Nc3ccc(Cl)c(Cl)c3)S2)cc1. The smallest absolute Gasteiger partial charge is 0.238 e. The molecular formula is C19H17Cl2N3O3S. The summed E-state index contributed by atoms with van der Waals surface area (Å²) in [5, 5.41) is 3.44. The number of aliphatic imine (C=N–C) groups is 1. The van der Waals surface area contributed by atoms with Crippen molar-refractivity contribution < 1.29 is 14.3 Å². The number of ether oxygens (including phenoxy) is 1. The van der Waals surface area contributed by atoms with Gasteiger partial charge in [-0.15, -0.1) is 0 Å². The summed E-state index contributed by atoms with van der Waals surface area (Å²) in [6.45, 7) is 0. The standard InChI is InChI=1S/C19H17Cl2N3O3S/c1-24-17(25)10-16(18(26)22-11-3-6-13(27-2)7-4-11)28-19(24)23-12-5-8-14(20)15(21)9-12/h3-9,16H,10H2,1-2H3,(H,22,26). The summed E-state index contributed by atoms with van der Waals surface area (Å²) in [4.78, 5) is 30.9. The Morgan fingerprint density at radius 2 is 1.93 bits per heavy atom. The molecule has 2 aromatic carbocycles. The Hall–Kier alpha value is -2.22. The van der Waals surface area contributed by atoms with Crippen molar-refractivity contribution in [3.05, 3.63) is 52.5 Å². The van der Waals surface area contributed by atoms with Crippen molar-refractivity contribution >= 4 is 63.3 Å². The number of nitrogens with one attached hydrogen (secondary N) is 1. The highest BCUT2D eigenvalue weighted by molar-refractivity contribution is 8.15. The molecule has 0 radical (unpaired) electrons. The molecule has 1 atom stereocenters. The van der Waals surface area contributed by atoms with Crippen molar-refractivity contribution in [3.8, 4) is 5.75 Å². The van der Waals surface area contributed by atoms with Gasteiger partial charge >= 0.3 is 0 Å². The molecular weight excluding hydrogens is 421 g/mol. The van der Waals surface area contributed by atoms with Crippen LogP contribution in [0.1, 0.15) is 6.42 Å². The second-order valence-corrected chi connectivity index (χ2v) is 7.96. The monoisotopic (exact) mass is 437 g/mol. The largest absolute Gasteiger partial charge is 0.497 e. The van der Waals surface area contributed by atoms with Gasteiger partial charge in [0.25, 0.3) is 0 Å². The molecule has 1 saturated heterocycles. The van der Waals surface area contributed by atoms with Gasteiger partial charge in [-0.25, -0.2) is 4.99 Å². The minimum Gasteiger partial charge on any atom is -0.497 e. The van der Waals surface area contributed by atoms with Gasteiger partial charge < -0.3 is 10.1 Å². The number of carbonyl (C=O) groups excluding carboxylic acids is 2. The van der Waals surface area contributed by atoms with Crippen molar-refractivity contribution in [1.82, 2.24) is 4.90 Å². The van der Waals surface area contributed by atoms with Crippen molar-refractivity contribution in [1.29, 1.82) is 0 Å². The van der Waals surface area contributed by atoms with Gasteiger partial charge in [-0.1, -0.05) is 35.0 Å². The molecule has 6 nitrogen and oxygen atoms in total. The van der Waals surface area contributed by atoms with E-state index in [9.17, 15) is 9.59 Å². The Labute approximate surface area is 176 Å². The highest BCUT2D eigenvalue weighted by Gasteiger charge is 2.34. The van der Waals surface area contributed by atoms with E-state index in [1.807, 2.05) is 0 Å². The lowest BCUT2D eigenvalue weighted by Gasteiger charge is -2.28. The number of amides is 2. The molecule has 0 bridgehead atoms. The summed E-state index contributed by atoms with van der Waals surface area (Å²) in [6, 6.07) is 11.9. The van der Waals surface area contributed by atoms with Gasteiger partial charge in [0.05, 0.1) is 22.8 Å². The van der Waals surface area contributed by atoms with Crippen LogP contribution >= 0.6 is 35.0 Å². The first-order chi connectivity index (χ1) is 13.4. The van der Waals surface area contributed by atoms with E-state index in [4.69, 9.17) is 27.9 Å². The lowest BCUT2D eigenvalue weighted by molar-refractivity contribution is -0.128. The van der Waals surface area contributed by atoms with Crippen LogP contribution in [-0.2, 0) is 9.59 Å². The molecule has 0 saturated carbocycles. The number of nitrogens with zero attached hydrogens (tertiary/aromatic N) is 2. The van der Waals surface area contributed by atoms with Crippen LogP contribution in [-0.4, -0.2) is 41.3 Å². The summed E-state index contributed by atoms with van der Waals surface area (Å²) in [5.74, 6) is 0.240. The van der Waals surface area contributed by atoms with Crippen LogP contribution in [0.5, 0.6) is 5.75 Å². The zero-order valence-electron chi connectivity index (χ0n) is 15.1. The summed E-state index contributed by atoms with van der Waals surface area (Å²) in [5.41, 5.74) is 1.17. The average molecular weight is 438 g/mol. The quantitative estimate of drug-likeness (QED) is 0.758. The second kappa shape index (κ2) is 8.86. The Kier molecular flexibility index (Phi) is 6.49. The van der Waals surface area contributed by atoms with Gasteiger partial charge in [-0.2, -0.15) is 0 Å². The van der Waals surface area contributed by atoms with Crippen LogP contribution in [0.15, 0.2) is 47.5 Å². The summed E-state index contributed by atoms with van der Waals surface area (Å²) in [7, 11) is 3.20. The van der Waals surface area contributed by atoms with E-state index < -0.39 is 5.25 Å². The summed E-state index contributed by atoms with van der Waals surface area (Å²) in [6.07, 6.45) is 0.0869. The predicted molar refractivity (Wildman–Crippen MR) is 114 cm³/mol. The number of rotatable bonds is 4. The number of halogens is 2. The molecule has 3 rings (SSSR count). The van der Waals surface area contributed by atoms with Crippen LogP contribution in [0.3, 0.4) is 0 Å². The summed E-state index contributed by atoms with van der Waals surface area (Å²) >= 11 is 13.2. The molecule has 0 aromatic heterocycles. The Balaban J connectivity index is 1.76. The molecule has 1 unspecified atom stereocenters. The topological polar surface area (TPSA) is 71.0 Å². The van der Waals surface area contributed by atoms with Crippen LogP contribution in [0.2, 0.25) is 10.0 Å². The molecule has 28 heavy (non-hydrogen) atoms. The van der Waals surface area contributed by atoms with Gasteiger partial charge in [0.2, 0.25) is 11.8 Å². The highest BCUT2D eigenvalue weighted by atomic mass is 35.5. The molecule has 0 aliphatic carbocycles. The lowest BCUT2D eigenvalue weighted by atomic mass is 10.2. The third-order valence-electron chi connectivity index (χ3n) is 4.05. The molecule has 1 heterocycles. The predicted octanol–water partition coefficient (Wildman–Crippen LogP) is 4.59. The van der Waals surface area contributed by atoms with Gasteiger partial charge in [0, 0.05) is 19.2 Å². The maximum absolute atomic E-state index is 12.6. The van der Waals surface area contributed by atoms with Crippen molar-refractivity contribution in [2.45, 2.75) is 11.7 Å². The van der Waals surface area contributed by atoms with E-state index in [1.165, 1.54) is 16.7 Å². The van der Waals surface area contributed by atoms with E-state index in [-0.39, 0.29) is 18.2 Å². The maximum Gasteiger partial charge on any atom is 0.238 e. The minimum atomic E-state index is -0.590. The first-order valence-corrected chi connectivity index (χ1v) is 9.93. The number of hydrogen-bond acceptors (Lipinski definition) is 5. The van der Waals surface area contributed by atoms with Crippen molar-refractivity contribution in [3.63, 3.8) is 0 Å². The zero-order chi connectivity index (χ0) is 20.3. The first kappa shape index (κ1) is 20.5. The Morgan fingerprint density at radius 3 is 2.57 bits per heavy atom. The Bertz CT molecular complexity index is 935. The number of amidine groups is 1. The number of thioether (sulfide) groups is 1. The van der Waals surface area contributed by atoms with E-state index >= 15 is 0 Å². The molecule has 1 N–H and O–H groups in total. The van der Waals surface area contributed by atoms with Crippen molar-refractivity contribution in [2.75, 3.05) is 19.5 Å². The molecule has 146 valence electrons. The fraction of sp³-hybridized carbons (Fsp3) is 0.211. The van der Waals surface area contributed by atoms with Gasteiger partial charge in [-0.05, 0) is 42.5 Å². The number of hydrogen-bond donors (Lipinski definition) is 1. The Morgan fingerprint density at radius 1 is 1.21 bits per heavy atom. The number of carbonyl (C=O) groups is 2. The molecule has 9 heteroatoms. The lowest BCUT2D eigenvalue weighted by Crippen LogP contribution is -2.43. The van der Waals surface area contributed by atoms with Crippen molar-refractivity contribution in [2.24, 2.45) is 4.99 Å². The molecule has 2 amide bonds. The van der Waals surface area contributed by atoms with Crippen LogP contribution in [0, 0.1) is 0 Å². The normalized spacial score (nSPS) is 18.3. The third kappa shape index (κ3) is 4.79. The van der Waals surface area contributed by atoms with Crippen LogP contribution in [0.25, 0.3) is 0 Å². The fourth-order valence-corrected chi connectivity index (χ4v) is 3.82. The minimum absolute atomic E-state index is 0.0869. The first-order valence-electron chi connectivity index (χ1n) is 8.29. The molecule has 1 aliphatic rings. The molecule has 1 fully saturated rings. The van der Waals surface area contributed by atoms with Crippen LogP contribution < -0.4 is 10.1 Å². The molecule has 1 aliphatic heterocycles. The van der Waals surface area contributed by atoms with Gasteiger partial charge in [-0.3, -0.25) is 14.5 Å². The highest BCUT2D eigenvalue weighted by Crippen LogP contribution is 2.31. The summed E-state index contributed by atoms with van der Waals surface area (Å²) < 4.78 is 5.10. The number of methoxy groups -OCH3 is 1. The van der Waals surface area contributed by atoms with E-state index in [2.05, 4.69) is 10.3 Å². The maximum atomic E-state index is 12.6. The molecule has 0 spiro atoms. The van der Waals surface area contributed by atoms with E-state index in [0.717, 1.165) is 0 Å². The average Bonchev–Trinajstić information content (AvgIpc) is 2.68. The number of anilines is 1. The number of benzene rings is 2. The zero-order valence-corrected chi connectivity index (χ0v) is 17.4. The van der Waals surface area contributed by atoms with Gasteiger partial charge in [0.1, 0.15) is 11.0 Å². The van der Waals surface area contributed by atoms with E-state index in [0.29, 0.717) is 32.3 Å². The third-order valence-corrected chi connectivity index (χ3v) is 6.03. The molecule has 2 aromatic rings. The fourth-order valence-electron chi connectivity index (χ4n) is 2.46. The van der Waals surface area contributed by atoms with Crippen LogP contribution in [0.4, 0.5) is 11.4 Å². The second-order valence-electron chi connectivity index (χ2n) is 5.97. The van der Waals surface area contributed by atoms with Gasteiger partial charge in [0.15, 0.2) is 5.17 Å². The van der Waals surface area contributed by atoms with E-state index in [1.54, 1.807) is 56.6 Å².